The van der Waals surface area contributed by atoms with E-state index in [1.165, 1.54) is 60.7 Å². The molecule has 0 radical (unpaired) electrons. The van der Waals surface area contributed by atoms with E-state index in [1.54, 1.807) is 0 Å². The molecule has 4 N–H and O–H groups in total. The second kappa shape index (κ2) is 13.6. The van der Waals surface area contributed by atoms with Crippen molar-refractivity contribution in [2.75, 3.05) is 0 Å². The molecule has 4 rings (SSSR count). The Morgan fingerprint density at radius 1 is 0.457 bits per heavy atom. The molecule has 13 nitrogen and oxygen atoms in total. The van der Waals surface area contributed by atoms with Crippen LogP contribution in [-0.4, -0.2) is 62.0 Å². The fourth-order valence-corrected chi connectivity index (χ4v) is 3.99. The Bertz CT molecular complexity index is 1940. The minimum atomic E-state index is -1.45. The van der Waals surface area contributed by atoms with Gasteiger partial charge in [0.15, 0.2) is 5.78 Å². The van der Waals surface area contributed by atoms with E-state index >= 15 is 0 Å². The van der Waals surface area contributed by atoms with E-state index < -0.39 is 63.9 Å². The molecule has 0 spiro atoms. The van der Waals surface area contributed by atoms with E-state index in [2.05, 4.69) is 0 Å². The van der Waals surface area contributed by atoms with Crippen LogP contribution < -0.4 is 9.47 Å². The number of aromatic carboxylic acids is 4. The Morgan fingerprint density at radius 3 is 1.24 bits per heavy atom. The highest BCUT2D eigenvalue weighted by molar-refractivity contribution is 6.08. The van der Waals surface area contributed by atoms with Crippen LogP contribution in [0.3, 0.4) is 0 Å². The van der Waals surface area contributed by atoms with Gasteiger partial charge in [0.1, 0.15) is 11.5 Å². The van der Waals surface area contributed by atoms with Gasteiger partial charge in [-0.05, 0) is 84.4 Å². The minimum absolute atomic E-state index is 0.0286. The maximum absolute atomic E-state index is 12.7. The molecular formula is C33H20O13. The summed E-state index contributed by atoms with van der Waals surface area (Å²) in [7, 11) is 0. The van der Waals surface area contributed by atoms with Gasteiger partial charge in [0, 0.05) is 5.56 Å². The number of carboxylic acid groups (broad SMARTS) is 4. The molecule has 46 heavy (non-hydrogen) atoms. The van der Waals surface area contributed by atoms with E-state index in [-0.39, 0.29) is 28.2 Å². The maximum atomic E-state index is 12.7. The van der Waals surface area contributed by atoms with Gasteiger partial charge in [0.2, 0.25) is 0 Å². The van der Waals surface area contributed by atoms with E-state index in [0.717, 1.165) is 36.4 Å². The number of ketones is 1. The molecular weight excluding hydrogens is 604 g/mol. The number of allylic oxidation sites excluding steroid dienone is 1. The second-order valence-electron chi connectivity index (χ2n) is 9.31. The maximum Gasteiger partial charge on any atom is 0.344 e. The molecule has 0 aliphatic rings. The Hall–Kier alpha value is -6.89. The fraction of sp³-hybridized carbons (Fsp3) is 0. The topological polar surface area (TPSA) is 219 Å². The molecule has 4 aromatic rings. The number of ether oxygens (including phenoxy) is 2. The number of carboxylic acids is 4. The number of benzene rings is 4. The van der Waals surface area contributed by atoms with Gasteiger partial charge in [0.05, 0.1) is 33.4 Å². The van der Waals surface area contributed by atoms with Crippen molar-refractivity contribution in [1.82, 2.24) is 0 Å². The molecule has 0 bridgehead atoms. The molecule has 0 atom stereocenters. The summed E-state index contributed by atoms with van der Waals surface area (Å²) in [6, 6.07) is 17.0. The van der Waals surface area contributed by atoms with Crippen molar-refractivity contribution >= 4 is 47.7 Å². The lowest BCUT2D eigenvalue weighted by Gasteiger charge is -2.08. The summed E-state index contributed by atoms with van der Waals surface area (Å²) in [6.07, 6.45) is 2.71. The highest BCUT2D eigenvalue weighted by Crippen LogP contribution is 2.21. The SMILES string of the molecule is O=C(O)c1ccc(C(=O)O)c(C(=O)Oc2ccc(C=CC(=O)c3ccc(OC(=O)c4cc(C(=O)O)ccc4C(=O)O)cc3)cc2)c1. The number of carbonyl (C=O) groups excluding carboxylic acids is 3. The zero-order chi connectivity index (χ0) is 33.5. The first-order valence-corrected chi connectivity index (χ1v) is 12.9. The summed E-state index contributed by atoms with van der Waals surface area (Å²) in [6.45, 7) is 0. The average Bonchev–Trinajstić information content (AvgIpc) is 3.03. The monoisotopic (exact) mass is 624 g/mol. The number of rotatable bonds is 11. The summed E-state index contributed by atoms with van der Waals surface area (Å²) in [5, 5.41) is 37.0. The van der Waals surface area contributed by atoms with Gasteiger partial charge in [-0.25, -0.2) is 28.8 Å². The third-order valence-corrected chi connectivity index (χ3v) is 6.30. The van der Waals surface area contributed by atoms with E-state index in [9.17, 15) is 43.8 Å². The van der Waals surface area contributed by atoms with Crippen LogP contribution in [0.25, 0.3) is 6.08 Å². The summed E-state index contributed by atoms with van der Waals surface area (Å²) < 4.78 is 10.4. The summed E-state index contributed by atoms with van der Waals surface area (Å²) in [5.41, 5.74) is -1.66. The van der Waals surface area contributed by atoms with Crippen LogP contribution in [0.2, 0.25) is 0 Å². The van der Waals surface area contributed by atoms with E-state index in [0.29, 0.717) is 5.56 Å². The van der Waals surface area contributed by atoms with Crippen LogP contribution in [0.4, 0.5) is 0 Å². The van der Waals surface area contributed by atoms with E-state index in [4.69, 9.17) is 19.7 Å². The smallest absolute Gasteiger partial charge is 0.344 e. The Kier molecular flexibility index (Phi) is 9.47. The summed E-state index contributed by atoms with van der Waals surface area (Å²) >= 11 is 0. The van der Waals surface area contributed by atoms with Crippen LogP contribution in [0.1, 0.15) is 78.1 Å². The molecule has 0 saturated carbocycles. The Morgan fingerprint density at radius 2 is 0.848 bits per heavy atom. The second-order valence-corrected chi connectivity index (χ2v) is 9.31. The molecule has 230 valence electrons. The average molecular weight is 625 g/mol. The van der Waals surface area contributed by atoms with Crippen molar-refractivity contribution in [2.45, 2.75) is 0 Å². The zero-order valence-electron chi connectivity index (χ0n) is 23.2. The number of esters is 2. The molecule has 0 aromatic heterocycles. The molecule has 0 fully saturated rings. The molecule has 0 heterocycles. The van der Waals surface area contributed by atoms with E-state index in [1.807, 2.05) is 0 Å². The lowest BCUT2D eigenvalue weighted by Crippen LogP contribution is -2.15. The third kappa shape index (κ3) is 7.54. The predicted molar refractivity (Wildman–Crippen MR) is 157 cm³/mol. The Labute approximate surface area is 258 Å². The van der Waals surface area contributed by atoms with Crippen molar-refractivity contribution in [3.05, 3.63) is 136 Å². The normalized spacial score (nSPS) is 10.6. The molecule has 0 unspecified atom stereocenters. The fourth-order valence-electron chi connectivity index (χ4n) is 3.99. The minimum Gasteiger partial charge on any atom is -0.478 e. The molecule has 13 heteroatoms. The van der Waals surface area contributed by atoms with Crippen LogP contribution >= 0.6 is 0 Å². The highest BCUT2D eigenvalue weighted by atomic mass is 16.5. The number of hydrogen-bond donors (Lipinski definition) is 4. The molecule has 0 amide bonds. The quantitative estimate of drug-likeness (QED) is 0.0762. The van der Waals surface area contributed by atoms with Gasteiger partial charge >= 0.3 is 35.8 Å². The summed E-state index contributed by atoms with van der Waals surface area (Å²) in [4.78, 5) is 83.2. The standard InChI is InChI=1S/C33H20O13/c34-27(18-4-10-22(11-5-18)46-33(44)26-16-20(29(37)38)7-13-24(26)31(41)42)14-3-17-1-8-21(9-2-17)45-32(43)25-15-19(28(35)36)6-12-23(25)30(39)40/h1-16H,(H,35,36)(H,37,38)(H,39,40)(H,41,42). The third-order valence-electron chi connectivity index (χ3n) is 6.30. The lowest BCUT2D eigenvalue weighted by molar-refractivity contribution is 0.0663. The number of carbonyl (C=O) groups is 7. The van der Waals surface area contributed by atoms with Crippen LogP contribution in [-0.2, 0) is 0 Å². The van der Waals surface area contributed by atoms with Gasteiger partial charge in [-0.3, -0.25) is 4.79 Å². The van der Waals surface area contributed by atoms with Crippen LogP contribution in [0.15, 0.2) is 91.0 Å². The number of hydrogen-bond acceptors (Lipinski definition) is 9. The van der Waals surface area contributed by atoms with Crippen molar-refractivity contribution in [1.29, 1.82) is 0 Å². The lowest BCUT2D eigenvalue weighted by atomic mass is 10.0. The predicted octanol–water partition coefficient (Wildman–Crippen LogP) is 4.81. The molecule has 0 saturated heterocycles. The molecule has 0 aliphatic heterocycles. The van der Waals surface area contributed by atoms with Gasteiger partial charge in [0.25, 0.3) is 0 Å². The first-order chi connectivity index (χ1) is 21.8. The molecule has 0 aliphatic carbocycles. The van der Waals surface area contributed by atoms with Crippen molar-refractivity contribution in [3.8, 4) is 11.5 Å². The molecule has 4 aromatic carbocycles. The summed E-state index contributed by atoms with van der Waals surface area (Å²) in [5.74, 6) is -8.24. The van der Waals surface area contributed by atoms with Crippen molar-refractivity contribution in [3.63, 3.8) is 0 Å². The van der Waals surface area contributed by atoms with Crippen molar-refractivity contribution < 1.29 is 63.5 Å². The Balaban J connectivity index is 1.40. The van der Waals surface area contributed by atoms with Crippen molar-refractivity contribution in [2.24, 2.45) is 0 Å². The first-order valence-electron chi connectivity index (χ1n) is 12.9. The van der Waals surface area contributed by atoms with Gasteiger partial charge in [-0.1, -0.05) is 18.2 Å². The van der Waals surface area contributed by atoms with Crippen LogP contribution in [0.5, 0.6) is 11.5 Å². The zero-order valence-corrected chi connectivity index (χ0v) is 23.2. The highest BCUT2D eigenvalue weighted by Gasteiger charge is 2.22. The largest absolute Gasteiger partial charge is 0.478 e. The first kappa shape index (κ1) is 32.0. The van der Waals surface area contributed by atoms with Gasteiger partial charge < -0.3 is 29.9 Å². The van der Waals surface area contributed by atoms with Gasteiger partial charge in [-0.15, -0.1) is 0 Å². The van der Waals surface area contributed by atoms with Gasteiger partial charge in [-0.2, -0.15) is 0 Å². The van der Waals surface area contributed by atoms with Crippen LogP contribution in [0, 0.1) is 0 Å².